The summed E-state index contributed by atoms with van der Waals surface area (Å²) in [5.41, 5.74) is 0. The predicted octanol–water partition coefficient (Wildman–Crippen LogP) is 1.05. The second kappa shape index (κ2) is 6.00. The number of aromatic nitrogens is 2. The van der Waals surface area contributed by atoms with Crippen LogP contribution in [0.4, 0.5) is 0 Å². The van der Waals surface area contributed by atoms with E-state index in [1.54, 1.807) is 6.20 Å². The van der Waals surface area contributed by atoms with E-state index in [4.69, 9.17) is 0 Å². The van der Waals surface area contributed by atoms with Crippen LogP contribution in [-0.2, 0) is 17.9 Å². The lowest BCUT2D eigenvalue weighted by Crippen LogP contribution is -2.35. The van der Waals surface area contributed by atoms with Gasteiger partial charge in [0.05, 0.1) is 6.54 Å². The van der Waals surface area contributed by atoms with E-state index in [0.29, 0.717) is 12.6 Å². The third-order valence-corrected chi connectivity index (χ3v) is 3.26. The van der Waals surface area contributed by atoms with E-state index in [9.17, 15) is 4.79 Å². The molecule has 0 aliphatic heterocycles. The Kier molecular flexibility index (Phi) is 4.36. The maximum absolute atomic E-state index is 11.8. The second-order valence-corrected chi connectivity index (χ2v) is 5.00. The third-order valence-electron chi connectivity index (χ3n) is 3.26. The van der Waals surface area contributed by atoms with Gasteiger partial charge in [0.25, 0.3) is 0 Å². The van der Waals surface area contributed by atoms with Crippen molar-refractivity contribution in [3.05, 3.63) is 18.2 Å². The number of imidazole rings is 1. The Morgan fingerprint density at radius 3 is 3.06 bits per heavy atom. The number of nitrogens with zero attached hydrogens (tertiary/aromatic N) is 2. The number of carbonyl (C=O) groups is 1. The zero-order chi connectivity index (χ0) is 13.0. The highest BCUT2D eigenvalue weighted by molar-refractivity contribution is 5.76. The normalized spacial score (nSPS) is 16.6. The Labute approximate surface area is 108 Å². The lowest BCUT2D eigenvalue weighted by Gasteiger charge is -2.13. The van der Waals surface area contributed by atoms with Crippen molar-refractivity contribution < 1.29 is 4.79 Å². The molecule has 1 aliphatic rings. The molecule has 2 rings (SSSR count). The van der Waals surface area contributed by atoms with Crippen LogP contribution < -0.4 is 10.6 Å². The molecule has 0 spiro atoms. The molecule has 100 valence electrons. The summed E-state index contributed by atoms with van der Waals surface area (Å²) < 4.78 is 1.91. The highest BCUT2D eigenvalue weighted by Gasteiger charge is 2.21. The molecule has 0 radical (unpaired) electrons. The van der Waals surface area contributed by atoms with Gasteiger partial charge >= 0.3 is 0 Å². The van der Waals surface area contributed by atoms with Crippen molar-refractivity contribution in [3.63, 3.8) is 0 Å². The molecule has 1 aliphatic carbocycles. The van der Waals surface area contributed by atoms with Crippen molar-refractivity contribution in [2.75, 3.05) is 0 Å². The average molecular weight is 250 g/mol. The molecule has 1 aromatic heterocycles. The van der Waals surface area contributed by atoms with E-state index in [1.807, 2.05) is 17.7 Å². The molecule has 2 N–H and O–H groups in total. The standard InChI is InChI=1S/C13H22N4O/c1-3-10(2)16-13(18)9-17-7-6-14-12(17)8-15-11-4-5-11/h6-7,10-11,15H,3-5,8-9H2,1-2H3,(H,16,18). The molecule has 1 saturated carbocycles. The Bertz CT molecular complexity index is 397. The van der Waals surface area contributed by atoms with Crippen LogP contribution in [0.2, 0.25) is 0 Å². The minimum atomic E-state index is 0.0509. The zero-order valence-corrected chi connectivity index (χ0v) is 11.1. The van der Waals surface area contributed by atoms with Gasteiger partial charge in [-0.1, -0.05) is 6.92 Å². The van der Waals surface area contributed by atoms with E-state index in [0.717, 1.165) is 18.8 Å². The van der Waals surface area contributed by atoms with Gasteiger partial charge in [0.2, 0.25) is 5.91 Å². The van der Waals surface area contributed by atoms with Gasteiger partial charge in [0, 0.05) is 24.5 Å². The van der Waals surface area contributed by atoms with E-state index < -0.39 is 0 Å². The zero-order valence-electron chi connectivity index (χ0n) is 11.1. The van der Waals surface area contributed by atoms with Crippen molar-refractivity contribution in [2.45, 2.75) is 58.3 Å². The Morgan fingerprint density at radius 2 is 2.39 bits per heavy atom. The van der Waals surface area contributed by atoms with Gasteiger partial charge in [-0.3, -0.25) is 4.79 Å². The van der Waals surface area contributed by atoms with Gasteiger partial charge < -0.3 is 15.2 Å². The van der Waals surface area contributed by atoms with Gasteiger partial charge in [-0.25, -0.2) is 4.98 Å². The number of rotatable bonds is 7. The van der Waals surface area contributed by atoms with E-state index in [2.05, 4.69) is 22.5 Å². The van der Waals surface area contributed by atoms with Crippen molar-refractivity contribution >= 4 is 5.91 Å². The van der Waals surface area contributed by atoms with Crippen LogP contribution in [0.3, 0.4) is 0 Å². The summed E-state index contributed by atoms with van der Waals surface area (Å²) in [5.74, 6) is 0.983. The molecule has 1 fully saturated rings. The van der Waals surface area contributed by atoms with Crippen molar-refractivity contribution in [1.29, 1.82) is 0 Å². The lowest BCUT2D eigenvalue weighted by molar-refractivity contribution is -0.122. The first kappa shape index (κ1) is 13.1. The summed E-state index contributed by atoms with van der Waals surface area (Å²) in [4.78, 5) is 16.1. The molecule has 1 aromatic rings. The van der Waals surface area contributed by atoms with Crippen LogP contribution in [-0.4, -0.2) is 27.5 Å². The molecule has 1 unspecified atom stereocenters. The summed E-state index contributed by atoms with van der Waals surface area (Å²) in [6, 6.07) is 0.887. The molecule has 5 heteroatoms. The van der Waals surface area contributed by atoms with E-state index >= 15 is 0 Å². The molecule has 1 atom stereocenters. The van der Waals surface area contributed by atoms with Crippen LogP contribution in [0.5, 0.6) is 0 Å². The van der Waals surface area contributed by atoms with Crippen LogP contribution in [0.25, 0.3) is 0 Å². The van der Waals surface area contributed by atoms with Gasteiger partial charge in [-0.05, 0) is 26.2 Å². The molecule has 1 amide bonds. The maximum Gasteiger partial charge on any atom is 0.240 e. The summed E-state index contributed by atoms with van der Waals surface area (Å²) in [7, 11) is 0. The first-order valence-corrected chi connectivity index (χ1v) is 6.71. The molecule has 0 aromatic carbocycles. The van der Waals surface area contributed by atoms with Crippen molar-refractivity contribution in [3.8, 4) is 0 Å². The summed E-state index contributed by atoms with van der Waals surface area (Å²) in [5, 5.41) is 6.37. The summed E-state index contributed by atoms with van der Waals surface area (Å²) >= 11 is 0. The topological polar surface area (TPSA) is 59.0 Å². The second-order valence-electron chi connectivity index (χ2n) is 5.00. The van der Waals surface area contributed by atoms with Crippen LogP contribution in [0.1, 0.15) is 38.9 Å². The number of hydrogen-bond acceptors (Lipinski definition) is 3. The number of nitrogens with one attached hydrogen (secondary N) is 2. The van der Waals surface area contributed by atoms with E-state index in [-0.39, 0.29) is 11.9 Å². The summed E-state index contributed by atoms with van der Waals surface area (Å²) in [6.07, 6.45) is 7.08. The molecular weight excluding hydrogens is 228 g/mol. The highest BCUT2D eigenvalue weighted by atomic mass is 16.2. The van der Waals surface area contributed by atoms with Crippen molar-refractivity contribution in [2.24, 2.45) is 0 Å². The Morgan fingerprint density at radius 1 is 1.61 bits per heavy atom. The van der Waals surface area contributed by atoms with Crippen LogP contribution in [0, 0.1) is 0 Å². The predicted molar refractivity (Wildman–Crippen MR) is 70.0 cm³/mol. The van der Waals surface area contributed by atoms with Gasteiger partial charge in [0.15, 0.2) is 0 Å². The molecule has 1 heterocycles. The fourth-order valence-electron chi connectivity index (χ4n) is 1.75. The minimum Gasteiger partial charge on any atom is -0.352 e. The molecule has 0 bridgehead atoms. The molecule has 5 nitrogen and oxygen atoms in total. The van der Waals surface area contributed by atoms with Gasteiger partial charge in [0.1, 0.15) is 12.4 Å². The third kappa shape index (κ3) is 3.84. The highest BCUT2D eigenvalue weighted by Crippen LogP contribution is 2.19. The van der Waals surface area contributed by atoms with Crippen molar-refractivity contribution in [1.82, 2.24) is 20.2 Å². The number of carbonyl (C=O) groups excluding carboxylic acids is 1. The molecular formula is C13H22N4O. The maximum atomic E-state index is 11.8. The van der Waals surface area contributed by atoms with Gasteiger partial charge in [-0.2, -0.15) is 0 Å². The Hall–Kier alpha value is -1.36. The quantitative estimate of drug-likeness (QED) is 0.760. The summed E-state index contributed by atoms with van der Waals surface area (Å²) in [6.45, 7) is 5.18. The fourth-order valence-corrected chi connectivity index (χ4v) is 1.75. The fraction of sp³-hybridized carbons (Fsp3) is 0.692. The minimum absolute atomic E-state index is 0.0509. The van der Waals surface area contributed by atoms with Gasteiger partial charge in [-0.15, -0.1) is 0 Å². The lowest BCUT2D eigenvalue weighted by atomic mass is 10.2. The molecule has 18 heavy (non-hydrogen) atoms. The monoisotopic (exact) mass is 250 g/mol. The first-order chi connectivity index (χ1) is 8.69. The van der Waals surface area contributed by atoms with Crippen LogP contribution >= 0.6 is 0 Å². The smallest absolute Gasteiger partial charge is 0.240 e. The van der Waals surface area contributed by atoms with E-state index in [1.165, 1.54) is 12.8 Å². The SMILES string of the molecule is CCC(C)NC(=O)Cn1ccnc1CNC1CC1. The van der Waals surface area contributed by atoms with Crippen LogP contribution in [0.15, 0.2) is 12.4 Å². The molecule has 0 saturated heterocycles. The first-order valence-electron chi connectivity index (χ1n) is 6.71. The number of amides is 1. The number of hydrogen-bond donors (Lipinski definition) is 2. The Balaban J connectivity index is 1.83. The largest absolute Gasteiger partial charge is 0.352 e. The average Bonchev–Trinajstić information content (AvgIpc) is 3.08.